The molecule has 0 spiro atoms. The van der Waals surface area contributed by atoms with Gasteiger partial charge >= 0.3 is 0 Å². The van der Waals surface area contributed by atoms with Gasteiger partial charge in [-0.15, -0.1) is 0 Å². The number of hydrogen-bond donors (Lipinski definition) is 1. The second kappa shape index (κ2) is 6.91. The summed E-state index contributed by atoms with van der Waals surface area (Å²) in [6.45, 7) is 0.488. The summed E-state index contributed by atoms with van der Waals surface area (Å²) < 4.78 is 15.4. The Balaban J connectivity index is 1.56. The molecule has 0 bridgehead atoms. The monoisotopic (exact) mass is 488 g/mol. The summed E-state index contributed by atoms with van der Waals surface area (Å²) in [5.74, 6) is 0.139. The smallest absolute Gasteiger partial charge is 0.155 e. The Hall–Kier alpha value is -2.36. The molecule has 0 radical (unpaired) electrons. The molecular formula is C20H18FIN6. The van der Waals surface area contributed by atoms with Crippen molar-refractivity contribution in [2.24, 2.45) is 26.7 Å². The molecule has 1 aliphatic carbocycles. The molecule has 1 aromatic carbocycles. The van der Waals surface area contributed by atoms with E-state index >= 15 is 0 Å². The molecule has 3 aliphatic rings. The molecule has 2 unspecified atom stereocenters. The fourth-order valence-electron chi connectivity index (χ4n) is 4.06. The quantitative estimate of drug-likeness (QED) is 0.674. The van der Waals surface area contributed by atoms with Crippen LogP contribution in [0.4, 0.5) is 4.39 Å². The summed E-state index contributed by atoms with van der Waals surface area (Å²) in [6.07, 6.45) is 4.32. The van der Waals surface area contributed by atoms with Crippen LogP contribution in [-0.4, -0.2) is 32.1 Å². The van der Waals surface area contributed by atoms with E-state index in [1.807, 2.05) is 11.1 Å². The Kier molecular flexibility index (Phi) is 4.37. The maximum Gasteiger partial charge on any atom is 0.155 e. The molecule has 2 N–H and O–H groups in total. The number of pyridine rings is 1. The molecule has 2 aliphatic heterocycles. The minimum Gasteiger partial charge on any atom is -0.386 e. The molecule has 1 aromatic heterocycles. The lowest BCUT2D eigenvalue weighted by molar-refractivity contribution is 0.214. The third kappa shape index (κ3) is 2.90. The fourth-order valence-corrected chi connectivity index (χ4v) is 4.97. The van der Waals surface area contributed by atoms with Crippen LogP contribution in [0.5, 0.6) is 0 Å². The number of nitrogens with zero attached hydrogens (tertiary/aromatic N) is 5. The number of halogens is 2. The number of nitrogens with two attached hydrogens (primary N) is 1. The first-order valence-electron chi connectivity index (χ1n) is 9.24. The van der Waals surface area contributed by atoms with Crippen molar-refractivity contribution in [2.75, 3.05) is 0 Å². The van der Waals surface area contributed by atoms with Gasteiger partial charge in [-0.25, -0.2) is 14.4 Å². The van der Waals surface area contributed by atoms with Crippen LogP contribution in [0.3, 0.4) is 0 Å². The molecule has 6 nitrogen and oxygen atoms in total. The zero-order chi connectivity index (χ0) is 19.3. The second-order valence-electron chi connectivity index (χ2n) is 7.17. The number of hydrogen-bond acceptors (Lipinski definition) is 6. The van der Waals surface area contributed by atoms with E-state index in [2.05, 4.69) is 43.7 Å². The van der Waals surface area contributed by atoms with Crippen LogP contribution >= 0.6 is 22.6 Å². The van der Waals surface area contributed by atoms with E-state index in [0.717, 1.165) is 34.2 Å². The van der Waals surface area contributed by atoms with Gasteiger partial charge in [0.15, 0.2) is 6.17 Å². The van der Waals surface area contributed by atoms with Crippen LogP contribution in [0.1, 0.15) is 23.2 Å². The van der Waals surface area contributed by atoms with Crippen molar-refractivity contribution >= 4 is 38.5 Å². The first kappa shape index (κ1) is 17.7. The summed E-state index contributed by atoms with van der Waals surface area (Å²) in [5, 5.41) is 6.58. The third-order valence-electron chi connectivity index (χ3n) is 5.42. The first-order valence-corrected chi connectivity index (χ1v) is 10.3. The fraction of sp³-hybridized carbons (Fsp3) is 0.300. The van der Waals surface area contributed by atoms with Gasteiger partial charge in [0.05, 0.1) is 12.2 Å². The van der Waals surface area contributed by atoms with Crippen molar-refractivity contribution in [3.05, 3.63) is 53.0 Å². The highest BCUT2D eigenvalue weighted by molar-refractivity contribution is 14.1. The number of amidine groups is 1. The van der Waals surface area contributed by atoms with Crippen LogP contribution in [0.2, 0.25) is 0 Å². The van der Waals surface area contributed by atoms with Crippen LogP contribution < -0.4 is 5.73 Å². The molecule has 142 valence electrons. The van der Waals surface area contributed by atoms with Gasteiger partial charge in [-0.3, -0.25) is 9.99 Å². The topological polar surface area (TPSA) is 79.2 Å². The molecule has 5 rings (SSSR count). The number of aliphatic imine (C=N–C) groups is 2. The number of fused-ring (bicyclic) bond motifs is 2. The van der Waals surface area contributed by atoms with Crippen molar-refractivity contribution in [3.8, 4) is 11.3 Å². The Morgan fingerprint density at radius 1 is 1.25 bits per heavy atom. The van der Waals surface area contributed by atoms with Crippen LogP contribution in [0.15, 0.2) is 45.4 Å². The van der Waals surface area contributed by atoms with Gasteiger partial charge < -0.3 is 5.73 Å². The van der Waals surface area contributed by atoms with Gasteiger partial charge in [0.1, 0.15) is 27.6 Å². The number of hydrazone groups is 1. The van der Waals surface area contributed by atoms with Gasteiger partial charge in [0, 0.05) is 11.3 Å². The van der Waals surface area contributed by atoms with E-state index in [0.29, 0.717) is 23.6 Å². The Labute approximate surface area is 175 Å². The van der Waals surface area contributed by atoms with Gasteiger partial charge in [-0.1, -0.05) is 12.1 Å². The molecule has 3 heterocycles. The molecule has 28 heavy (non-hydrogen) atoms. The SMILES string of the molecule is NC1=NC=NC2C1C(I)=NN2Cc1cc2c(nc1-c1ccccc1F)CCC2. The number of aromatic nitrogens is 1. The molecule has 0 saturated heterocycles. The highest BCUT2D eigenvalue weighted by Crippen LogP contribution is 2.34. The van der Waals surface area contributed by atoms with Crippen molar-refractivity contribution in [1.29, 1.82) is 0 Å². The number of rotatable bonds is 3. The maximum absolute atomic E-state index is 14.6. The van der Waals surface area contributed by atoms with Gasteiger partial charge in [-0.2, -0.15) is 5.10 Å². The predicted molar refractivity (Wildman–Crippen MR) is 116 cm³/mol. The van der Waals surface area contributed by atoms with Gasteiger partial charge in [-0.05, 0) is 71.2 Å². The van der Waals surface area contributed by atoms with E-state index in [-0.39, 0.29) is 17.9 Å². The Morgan fingerprint density at radius 2 is 2.11 bits per heavy atom. The highest BCUT2D eigenvalue weighted by atomic mass is 127. The lowest BCUT2D eigenvalue weighted by Gasteiger charge is -2.26. The van der Waals surface area contributed by atoms with Crippen LogP contribution in [-0.2, 0) is 19.4 Å². The molecule has 0 amide bonds. The molecule has 2 atom stereocenters. The van der Waals surface area contributed by atoms with Crippen molar-refractivity contribution in [3.63, 3.8) is 0 Å². The Bertz CT molecular complexity index is 1050. The Morgan fingerprint density at radius 3 is 2.96 bits per heavy atom. The standard InChI is InChI=1S/C20H18FIN6/c21-14-6-2-1-5-13(14)17-12(8-11-4-3-7-15(11)26-17)9-28-20-16(18(22)27-28)19(23)24-10-25-20/h1-2,5-6,8,10,16,20H,3-4,7,9H2,(H2,23,24,25). The van der Waals surface area contributed by atoms with Gasteiger partial charge in [0.2, 0.25) is 0 Å². The summed E-state index contributed by atoms with van der Waals surface area (Å²) in [7, 11) is 0. The number of aryl methyl sites for hydroxylation is 2. The largest absolute Gasteiger partial charge is 0.386 e. The zero-order valence-corrected chi connectivity index (χ0v) is 17.2. The van der Waals surface area contributed by atoms with Crippen LogP contribution in [0.25, 0.3) is 11.3 Å². The van der Waals surface area contributed by atoms with Crippen molar-refractivity contribution in [1.82, 2.24) is 9.99 Å². The second-order valence-corrected chi connectivity index (χ2v) is 8.27. The minimum atomic E-state index is -0.265. The summed E-state index contributed by atoms with van der Waals surface area (Å²) >= 11 is 2.19. The van der Waals surface area contributed by atoms with Crippen molar-refractivity contribution < 1.29 is 4.39 Å². The first-order chi connectivity index (χ1) is 13.6. The van der Waals surface area contributed by atoms with Crippen molar-refractivity contribution in [2.45, 2.75) is 32.0 Å². The van der Waals surface area contributed by atoms with E-state index < -0.39 is 0 Å². The molecular weight excluding hydrogens is 470 g/mol. The van der Waals surface area contributed by atoms with E-state index in [9.17, 15) is 4.39 Å². The summed E-state index contributed by atoms with van der Waals surface area (Å²) in [4.78, 5) is 13.5. The summed E-state index contributed by atoms with van der Waals surface area (Å²) in [5.41, 5.74) is 10.6. The molecule has 0 fully saturated rings. The maximum atomic E-state index is 14.6. The average molecular weight is 488 g/mol. The minimum absolute atomic E-state index is 0.120. The zero-order valence-electron chi connectivity index (χ0n) is 15.0. The molecule has 2 aromatic rings. The van der Waals surface area contributed by atoms with E-state index in [4.69, 9.17) is 10.7 Å². The van der Waals surface area contributed by atoms with E-state index in [1.165, 1.54) is 18.0 Å². The lowest BCUT2D eigenvalue weighted by Crippen LogP contribution is -2.41. The molecule has 8 heteroatoms. The normalized spacial score (nSPS) is 22.7. The average Bonchev–Trinajstić information content (AvgIpc) is 3.26. The third-order valence-corrected chi connectivity index (χ3v) is 6.31. The number of benzene rings is 1. The highest BCUT2D eigenvalue weighted by Gasteiger charge is 2.40. The van der Waals surface area contributed by atoms with Crippen LogP contribution in [0, 0.1) is 11.7 Å². The molecule has 0 saturated carbocycles. The predicted octanol–water partition coefficient (Wildman–Crippen LogP) is 3.28. The van der Waals surface area contributed by atoms with Gasteiger partial charge in [0.25, 0.3) is 0 Å². The summed E-state index contributed by atoms with van der Waals surface area (Å²) in [6, 6.07) is 8.96. The van der Waals surface area contributed by atoms with E-state index in [1.54, 1.807) is 12.1 Å². The lowest BCUT2D eigenvalue weighted by atomic mass is 10.0.